The van der Waals surface area contributed by atoms with Crippen LogP contribution in [0.15, 0.2) is 29.6 Å². The van der Waals surface area contributed by atoms with Crippen molar-refractivity contribution in [3.05, 3.63) is 45.6 Å². The fourth-order valence-electron chi connectivity index (χ4n) is 3.24. The van der Waals surface area contributed by atoms with Crippen molar-refractivity contribution in [1.82, 2.24) is 5.32 Å². The predicted octanol–water partition coefficient (Wildman–Crippen LogP) is 4.21. The van der Waals surface area contributed by atoms with Crippen LogP contribution in [-0.2, 0) is 6.42 Å². The molecule has 2 atom stereocenters. The van der Waals surface area contributed by atoms with Crippen molar-refractivity contribution in [2.24, 2.45) is 0 Å². The van der Waals surface area contributed by atoms with Crippen LogP contribution < -0.4 is 14.8 Å². The molecule has 0 fully saturated rings. The van der Waals surface area contributed by atoms with Crippen molar-refractivity contribution in [3.8, 4) is 11.5 Å². The molecule has 1 aromatic carbocycles. The zero-order valence-corrected chi connectivity index (χ0v) is 12.9. The van der Waals surface area contributed by atoms with Crippen molar-refractivity contribution in [2.75, 3.05) is 6.79 Å². The van der Waals surface area contributed by atoms with Gasteiger partial charge in [-0.25, -0.2) is 0 Å². The van der Waals surface area contributed by atoms with Gasteiger partial charge in [-0.15, -0.1) is 11.3 Å². The largest absolute Gasteiger partial charge is 0.454 e. The monoisotopic (exact) mass is 301 g/mol. The van der Waals surface area contributed by atoms with Gasteiger partial charge in [0.05, 0.1) is 0 Å². The van der Waals surface area contributed by atoms with Gasteiger partial charge >= 0.3 is 0 Å². The van der Waals surface area contributed by atoms with E-state index in [1.165, 1.54) is 30.4 Å². The standard InChI is InChI=1S/C17H19NO2S/c1-11(12-5-6-15-16(9-12)20-10-19-15)18-14-3-2-4-17-13(14)7-8-21-17/h5-9,11,14,18H,2-4,10H2,1H3. The first kappa shape index (κ1) is 13.2. The molecule has 21 heavy (non-hydrogen) atoms. The molecule has 0 radical (unpaired) electrons. The van der Waals surface area contributed by atoms with Crippen LogP contribution in [0.2, 0.25) is 0 Å². The Hall–Kier alpha value is -1.52. The van der Waals surface area contributed by atoms with Crippen molar-refractivity contribution in [1.29, 1.82) is 0 Å². The van der Waals surface area contributed by atoms with Crippen LogP contribution in [0.3, 0.4) is 0 Å². The molecular formula is C17H19NO2S. The Bertz CT molecular complexity index is 652. The molecule has 2 unspecified atom stereocenters. The molecule has 2 aromatic rings. The molecule has 4 rings (SSSR count). The average molecular weight is 301 g/mol. The number of aryl methyl sites for hydroxylation is 1. The second-order valence-electron chi connectivity index (χ2n) is 5.74. The number of hydrogen-bond donors (Lipinski definition) is 1. The second kappa shape index (κ2) is 5.35. The Kier molecular flexibility index (Phi) is 3.36. The van der Waals surface area contributed by atoms with Gasteiger partial charge in [0.2, 0.25) is 6.79 Å². The van der Waals surface area contributed by atoms with Gasteiger partial charge in [0.25, 0.3) is 0 Å². The van der Waals surface area contributed by atoms with Crippen molar-refractivity contribution < 1.29 is 9.47 Å². The summed E-state index contributed by atoms with van der Waals surface area (Å²) >= 11 is 1.89. The number of benzene rings is 1. The highest BCUT2D eigenvalue weighted by molar-refractivity contribution is 7.10. The minimum absolute atomic E-state index is 0.301. The Balaban J connectivity index is 1.53. The van der Waals surface area contributed by atoms with E-state index >= 15 is 0 Å². The Morgan fingerprint density at radius 1 is 1.24 bits per heavy atom. The summed E-state index contributed by atoms with van der Waals surface area (Å²) in [5, 5.41) is 6.00. The number of rotatable bonds is 3. The van der Waals surface area contributed by atoms with E-state index < -0.39 is 0 Å². The second-order valence-corrected chi connectivity index (χ2v) is 6.75. The maximum Gasteiger partial charge on any atom is 0.231 e. The van der Waals surface area contributed by atoms with E-state index in [-0.39, 0.29) is 0 Å². The lowest BCUT2D eigenvalue weighted by Crippen LogP contribution is -2.27. The molecule has 0 spiro atoms. The number of thiophene rings is 1. The molecule has 0 saturated carbocycles. The van der Waals surface area contributed by atoms with E-state index in [4.69, 9.17) is 9.47 Å². The minimum atomic E-state index is 0.301. The molecule has 0 amide bonds. The summed E-state index contributed by atoms with van der Waals surface area (Å²) in [5.41, 5.74) is 2.75. The maximum absolute atomic E-state index is 5.47. The molecule has 1 N–H and O–H groups in total. The normalized spacial score (nSPS) is 21.1. The van der Waals surface area contributed by atoms with E-state index in [1.807, 2.05) is 17.4 Å². The van der Waals surface area contributed by atoms with Crippen molar-refractivity contribution in [2.45, 2.75) is 38.3 Å². The van der Waals surface area contributed by atoms with E-state index in [0.29, 0.717) is 18.9 Å². The molecule has 2 heterocycles. The molecular weight excluding hydrogens is 282 g/mol. The van der Waals surface area contributed by atoms with E-state index in [0.717, 1.165) is 11.5 Å². The molecule has 0 bridgehead atoms. The molecule has 3 nitrogen and oxygen atoms in total. The van der Waals surface area contributed by atoms with Crippen molar-refractivity contribution in [3.63, 3.8) is 0 Å². The first-order valence-corrected chi connectivity index (χ1v) is 8.41. The smallest absolute Gasteiger partial charge is 0.231 e. The quantitative estimate of drug-likeness (QED) is 0.921. The molecule has 1 aromatic heterocycles. The Morgan fingerprint density at radius 2 is 2.14 bits per heavy atom. The van der Waals surface area contributed by atoms with Gasteiger partial charge in [-0.1, -0.05) is 6.07 Å². The van der Waals surface area contributed by atoms with Gasteiger partial charge in [0.15, 0.2) is 11.5 Å². The van der Waals surface area contributed by atoms with Crippen LogP contribution in [0.25, 0.3) is 0 Å². The Morgan fingerprint density at radius 3 is 3.10 bits per heavy atom. The lowest BCUT2D eigenvalue weighted by atomic mass is 9.93. The van der Waals surface area contributed by atoms with Crippen LogP contribution in [0.1, 0.15) is 47.9 Å². The zero-order valence-electron chi connectivity index (χ0n) is 12.1. The summed E-state index contributed by atoms with van der Waals surface area (Å²) in [5.74, 6) is 1.71. The lowest BCUT2D eigenvalue weighted by molar-refractivity contribution is 0.174. The van der Waals surface area contributed by atoms with Gasteiger partial charge in [0.1, 0.15) is 0 Å². The fraction of sp³-hybridized carbons (Fsp3) is 0.412. The third-order valence-corrected chi connectivity index (χ3v) is 5.40. The molecule has 0 saturated heterocycles. The van der Waals surface area contributed by atoms with Crippen LogP contribution in [0.4, 0.5) is 0 Å². The summed E-state index contributed by atoms with van der Waals surface area (Å²) in [6, 6.07) is 9.28. The fourth-order valence-corrected chi connectivity index (χ4v) is 4.23. The summed E-state index contributed by atoms with van der Waals surface area (Å²) in [6.07, 6.45) is 3.74. The predicted molar refractivity (Wildman–Crippen MR) is 84.1 cm³/mol. The van der Waals surface area contributed by atoms with Crippen LogP contribution in [-0.4, -0.2) is 6.79 Å². The summed E-state index contributed by atoms with van der Waals surface area (Å²) in [4.78, 5) is 1.55. The Labute approximate surface area is 128 Å². The zero-order chi connectivity index (χ0) is 14.2. The maximum atomic E-state index is 5.47. The van der Waals surface area contributed by atoms with Gasteiger partial charge < -0.3 is 14.8 Å². The lowest BCUT2D eigenvalue weighted by Gasteiger charge is -2.27. The van der Waals surface area contributed by atoms with Gasteiger partial charge in [0, 0.05) is 17.0 Å². The van der Waals surface area contributed by atoms with Crippen LogP contribution >= 0.6 is 11.3 Å². The van der Waals surface area contributed by atoms with E-state index in [9.17, 15) is 0 Å². The van der Waals surface area contributed by atoms with E-state index in [2.05, 4.69) is 35.8 Å². The third-order valence-electron chi connectivity index (χ3n) is 4.40. The van der Waals surface area contributed by atoms with Crippen LogP contribution in [0.5, 0.6) is 11.5 Å². The third kappa shape index (κ3) is 2.43. The van der Waals surface area contributed by atoms with Gasteiger partial charge in [-0.2, -0.15) is 0 Å². The summed E-state index contributed by atoms with van der Waals surface area (Å²) in [6.45, 7) is 2.56. The first-order valence-electron chi connectivity index (χ1n) is 7.53. The first-order chi connectivity index (χ1) is 10.3. The number of fused-ring (bicyclic) bond motifs is 2. The van der Waals surface area contributed by atoms with E-state index in [1.54, 1.807) is 4.88 Å². The highest BCUT2D eigenvalue weighted by Crippen LogP contribution is 2.37. The molecule has 110 valence electrons. The minimum Gasteiger partial charge on any atom is -0.454 e. The topological polar surface area (TPSA) is 30.5 Å². The molecule has 1 aliphatic carbocycles. The van der Waals surface area contributed by atoms with Crippen LogP contribution in [0, 0.1) is 0 Å². The molecule has 4 heteroatoms. The summed E-state index contributed by atoms with van der Waals surface area (Å²) < 4.78 is 10.9. The highest BCUT2D eigenvalue weighted by atomic mass is 32.1. The van der Waals surface area contributed by atoms with Crippen molar-refractivity contribution >= 4 is 11.3 Å². The highest BCUT2D eigenvalue weighted by Gasteiger charge is 2.23. The summed E-state index contributed by atoms with van der Waals surface area (Å²) in [7, 11) is 0. The number of ether oxygens (including phenoxy) is 2. The average Bonchev–Trinajstić information content (AvgIpc) is 3.15. The number of nitrogens with one attached hydrogen (secondary N) is 1. The van der Waals surface area contributed by atoms with Gasteiger partial charge in [-0.3, -0.25) is 0 Å². The SMILES string of the molecule is CC(NC1CCCc2sccc21)c1ccc2c(c1)OCO2. The molecule has 2 aliphatic rings. The number of hydrogen-bond acceptors (Lipinski definition) is 4. The van der Waals surface area contributed by atoms with Gasteiger partial charge in [-0.05, 0) is 60.9 Å². The molecule has 1 aliphatic heterocycles.